The third kappa shape index (κ3) is 3.55. The molecule has 0 bridgehead atoms. The summed E-state index contributed by atoms with van der Waals surface area (Å²) in [5.41, 5.74) is 0. The largest absolute Gasteiger partial charge is 0.345 e. The monoisotopic (exact) mass is 279 g/mol. The van der Waals surface area contributed by atoms with Crippen molar-refractivity contribution in [3.05, 3.63) is 11.6 Å². The van der Waals surface area contributed by atoms with Gasteiger partial charge in [0.25, 0.3) is 5.91 Å². The number of aromatic nitrogens is 3. The summed E-state index contributed by atoms with van der Waals surface area (Å²) in [5.74, 6) is 0.741. The first-order chi connectivity index (χ1) is 9.60. The summed E-state index contributed by atoms with van der Waals surface area (Å²) in [7, 11) is 0. The summed E-state index contributed by atoms with van der Waals surface area (Å²) < 4.78 is 0. The lowest BCUT2D eigenvalue weighted by molar-refractivity contribution is -0.127. The highest BCUT2D eigenvalue weighted by atomic mass is 16.2. The molecular weight excluding hydrogens is 258 g/mol. The van der Waals surface area contributed by atoms with E-state index < -0.39 is 0 Å². The number of amides is 2. The van der Waals surface area contributed by atoms with Crippen LogP contribution in [0.3, 0.4) is 0 Å². The average Bonchev–Trinajstić information content (AvgIpc) is 3.00. The topological polar surface area (TPSA) is 91.0 Å². The van der Waals surface area contributed by atoms with Gasteiger partial charge in [0.2, 0.25) is 11.7 Å². The zero-order chi connectivity index (χ0) is 14.5. The zero-order valence-corrected chi connectivity index (χ0v) is 12.0. The number of carbonyl (C=O) groups excluding carboxylic acids is 2. The van der Waals surface area contributed by atoms with Crippen molar-refractivity contribution >= 4 is 11.8 Å². The molecule has 110 valence electrons. The van der Waals surface area contributed by atoms with Crippen LogP contribution in [0, 0.1) is 0 Å². The highest BCUT2D eigenvalue weighted by molar-refractivity contribution is 5.90. The minimum Gasteiger partial charge on any atom is -0.345 e. The molecule has 20 heavy (non-hydrogen) atoms. The molecular formula is C13H21N5O2. The first-order valence-corrected chi connectivity index (χ1v) is 7.10. The van der Waals surface area contributed by atoms with Crippen molar-refractivity contribution in [2.24, 2.45) is 0 Å². The minimum absolute atomic E-state index is 0.113. The molecule has 0 spiro atoms. The van der Waals surface area contributed by atoms with E-state index in [1.54, 1.807) is 4.90 Å². The third-order valence-electron chi connectivity index (χ3n) is 3.26. The van der Waals surface area contributed by atoms with Crippen LogP contribution in [0.1, 0.15) is 49.6 Å². The second-order valence-electron chi connectivity index (χ2n) is 5.17. The fourth-order valence-electron chi connectivity index (χ4n) is 2.31. The lowest BCUT2D eigenvalue weighted by Crippen LogP contribution is -2.42. The Balaban J connectivity index is 1.84. The van der Waals surface area contributed by atoms with Gasteiger partial charge in [0, 0.05) is 32.0 Å². The Bertz CT molecular complexity index is 485. The highest BCUT2D eigenvalue weighted by Crippen LogP contribution is 2.09. The van der Waals surface area contributed by atoms with Crippen LogP contribution in [0.2, 0.25) is 0 Å². The van der Waals surface area contributed by atoms with E-state index >= 15 is 0 Å². The molecule has 0 saturated carbocycles. The molecule has 0 radical (unpaired) electrons. The summed E-state index contributed by atoms with van der Waals surface area (Å²) in [6.45, 7) is 5.23. The molecule has 1 aromatic heterocycles. The average molecular weight is 279 g/mol. The van der Waals surface area contributed by atoms with E-state index in [-0.39, 0.29) is 23.7 Å². The standard InChI is InChI=1S/C13H21N5O2/c1-3-5-10-15-12(17-16-10)13(20)14-9(2)8-18-7-4-6-11(18)19/h9H,3-8H2,1-2H3,(H,14,20)(H,15,16,17). The number of hydrogen-bond acceptors (Lipinski definition) is 4. The number of rotatable bonds is 6. The van der Waals surface area contributed by atoms with E-state index in [1.165, 1.54) is 0 Å². The van der Waals surface area contributed by atoms with E-state index in [0.717, 1.165) is 31.6 Å². The van der Waals surface area contributed by atoms with E-state index in [2.05, 4.69) is 20.5 Å². The maximum absolute atomic E-state index is 12.0. The van der Waals surface area contributed by atoms with Gasteiger partial charge in [-0.2, -0.15) is 0 Å². The Hall–Kier alpha value is -1.92. The van der Waals surface area contributed by atoms with Crippen LogP contribution in [-0.4, -0.2) is 51.0 Å². The van der Waals surface area contributed by atoms with Crippen molar-refractivity contribution in [2.75, 3.05) is 13.1 Å². The Morgan fingerprint density at radius 3 is 3.00 bits per heavy atom. The number of nitrogens with one attached hydrogen (secondary N) is 2. The highest BCUT2D eigenvalue weighted by Gasteiger charge is 2.23. The Labute approximate surface area is 118 Å². The van der Waals surface area contributed by atoms with Gasteiger partial charge in [-0.25, -0.2) is 4.98 Å². The van der Waals surface area contributed by atoms with Crippen molar-refractivity contribution in [3.8, 4) is 0 Å². The molecule has 7 heteroatoms. The Morgan fingerprint density at radius 1 is 1.55 bits per heavy atom. The van der Waals surface area contributed by atoms with Crippen LogP contribution in [0.25, 0.3) is 0 Å². The molecule has 2 rings (SSSR count). The molecule has 1 atom stereocenters. The third-order valence-corrected chi connectivity index (χ3v) is 3.26. The Kier molecular flexibility index (Phi) is 4.70. The van der Waals surface area contributed by atoms with Gasteiger partial charge in [0.05, 0.1) is 0 Å². The molecule has 1 aliphatic heterocycles. The molecule has 2 heterocycles. The summed E-state index contributed by atoms with van der Waals surface area (Å²) in [5, 5.41) is 9.48. The summed E-state index contributed by atoms with van der Waals surface area (Å²) in [4.78, 5) is 29.4. The van der Waals surface area contributed by atoms with Crippen LogP contribution < -0.4 is 5.32 Å². The van der Waals surface area contributed by atoms with Crippen LogP contribution >= 0.6 is 0 Å². The number of nitrogens with zero attached hydrogens (tertiary/aromatic N) is 3. The molecule has 1 fully saturated rings. The van der Waals surface area contributed by atoms with Gasteiger partial charge in [0.15, 0.2) is 0 Å². The number of hydrogen-bond donors (Lipinski definition) is 2. The molecule has 7 nitrogen and oxygen atoms in total. The minimum atomic E-state index is -0.303. The smallest absolute Gasteiger partial charge is 0.291 e. The van der Waals surface area contributed by atoms with Crippen molar-refractivity contribution in [1.29, 1.82) is 0 Å². The second kappa shape index (κ2) is 6.49. The number of aryl methyl sites for hydroxylation is 1. The molecule has 1 aliphatic rings. The van der Waals surface area contributed by atoms with Gasteiger partial charge in [-0.15, -0.1) is 5.10 Å². The maximum atomic E-state index is 12.0. The molecule has 2 amide bonds. The van der Waals surface area contributed by atoms with E-state index in [0.29, 0.717) is 13.0 Å². The predicted octanol–water partition coefficient (Wildman–Crippen LogP) is 0.498. The predicted molar refractivity (Wildman–Crippen MR) is 73.1 cm³/mol. The van der Waals surface area contributed by atoms with Crippen molar-refractivity contribution in [2.45, 2.75) is 45.6 Å². The van der Waals surface area contributed by atoms with Crippen molar-refractivity contribution in [1.82, 2.24) is 25.4 Å². The molecule has 1 unspecified atom stereocenters. The summed E-state index contributed by atoms with van der Waals surface area (Å²) >= 11 is 0. The fraction of sp³-hybridized carbons (Fsp3) is 0.692. The number of likely N-dealkylation sites (tertiary alicyclic amines) is 1. The Morgan fingerprint density at radius 2 is 2.35 bits per heavy atom. The molecule has 2 N–H and O–H groups in total. The molecule has 0 aromatic carbocycles. The van der Waals surface area contributed by atoms with Crippen LogP contribution in [0.4, 0.5) is 0 Å². The lowest BCUT2D eigenvalue weighted by atomic mass is 10.3. The first kappa shape index (κ1) is 14.5. The number of H-pyrrole nitrogens is 1. The quantitative estimate of drug-likeness (QED) is 0.793. The number of aromatic amines is 1. The SMILES string of the molecule is CCCc1nc(C(=O)NC(C)CN2CCCC2=O)n[nH]1. The van der Waals surface area contributed by atoms with Gasteiger partial charge < -0.3 is 10.2 Å². The molecule has 1 aromatic rings. The van der Waals surface area contributed by atoms with E-state index in [9.17, 15) is 9.59 Å². The molecule has 0 aliphatic carbocycles. The summed E-state index contributed by atoms with van der Waals surface area (Å²) in [6.07, 6.45) is 3.24. The maximum Gasteiger partial charge on any atom is 0.291 e. The normalized spacial score (nSPS) is 16.5. The van der Waals surface area contributed by atoms with E-state index in [1.807, 2.05) is 13.8 Å². The van der Waals surface area contributed by atoms with Gasteiger partial charge in [-0.1, -0.05) is 6.92 Å². The zero-order valence-electron chi connectivity index (χ0n) is 12.0. The van der Waals surface area contributed by atoms with Crippen molar-refractivity contribution < 1.29 is 9.59 Å². The van der Waals surface area contributed by atoms with Crippen LogP contribution in [0.5, 0.6) is 0 Å². The number of carbonyl (C=O) groups is 2. The first-order valence-electron chi connectivity index (χ1n) is 7.10. The van der Waals surface area contributed by atoms with Gasteiger partial charge in [-0.3, -0.25) is 14.7 Å². The van der Waals surface area contributed by atoms with Gasteiger partial charge >= 0.3 is 0 Å². The van der Waals surface area contributed by atoms with Crippen LogP contribution in [0.15, 0.2) is 0 Å². The summed E-state index contributed by atoms with van der Waals surface area (Å²) in [6, 6.07) is -0.113. The second-order valence-corrected chi connectivity index (χ2v) is 5.17. The lowest BCUT2D eigenvalue weighted by Gasteiger charge is -2.21. The van der Waals surface area contributed by atoms with Crippen molar-refractivity contribution in [3.63, 3.8) is 0 Å². The fourth-order valence-corrected chi connectivity index (χ4v) is 2.31. The van der Waals surface area contributed by atoms with Gasteiger partial charge in [-0.05, 0) is 19.8 Å². The molecule has 1 saturated heterocycles. The van der Waals surface area contributed by atoms with Crippen LogP contribution in [-0.2, 0) is 11.2 Å². The van der Waals surface area contributed by atoms with E-state index in [4.69, 9.17) is 0 Å². The van der Waals surface area contributed by atoms with Gasteiger partial charge in [0.1, 0.15) is 5.82 Å².